The fourth-order valence-electron chi connectivity index (χ4n) is 1.80. The van der Waals surface area contributed by atoms with Crippen LogP contribution in [0, 0.1) is 6.92 Å². The van der Waals surface area contributed by atoms with Crippen LogP contribution in [0.3, 0.4) is 0 Å². The van der Waals surface area contributed by atoms with Gasteiger partial charge in [-0.05, 0) is 37.3 Å². The number of rotatable bonds is 2. The fraction of sp³-hybridized carbons (Fsp3) is 0.0667. The van der Waals surface area contributed by atoms with Crippen LogP contribution >= 0.6 is 11.9 Å². The van der Waals surface area contributed by atoms with E-state index < -0.39 is 0 Å². The summed E-state index contributed by atoms with van der Waals surface area (Å²) in [4.78, 5) is 15.8. The van der Waals surface area contributed by atoms with Gasteiger partial charge in [0.05, 0.1) is 11.8 Å². The number of esters is 1. The highest BCUT2D eigenvalue weighted by Crippen LogP contribution is 2.27. The molecule has 0 aliphatic carbocycles. The van der Waals surface area contributed by atoms with Crippen LogP contribution in [0.2, 0.25) is 0 Å². The van der Waals surface area contributed by atoms with Crippen LogP contribution in [0.25, 0.3) is 0 Å². The maximum atomic E-state index is 12.0. The Labute approximate surface area is 121 Å². The second-order valence-corrected chi connectivity index (χ2v) is 5.23. The van der Waals surface area contributed by atoms with Crippen molar-refractivity contribution in [1.82, 2.24) is 4.83 Å². The second kappa shape index (κ2) is 5.38. The summed E-state index contributed by atoms with van der Waals surface area (Å²) in [5.41, 5.74) is 2.65. The zero-order chi connectivity index (χ0) is 13.9. The Kier molecular flexibility index (Phi) is 3.43. The maximum Gasteiger partial charge on any atom is 0.343 e. The van der Waals surface area contributed by atoms with E-state index in [1.54, 1.807) is 24.4 Å². The predicted molar refractivity (Wildman–Crippen MR) is 79.2 cm³/mol. The molecule has 1 heterocycles. The van der Waals surface area contributed by atoms with E-state index >= 15 is 0 Å². The van der Waals surface area contributed by atoms with Crippen LogP contribution in [0.4, 0.5) is 0 Å². The number of fused-ring (bicyclic) bond motifs is 1. The first-order valence-electron chi connectivity index (χ1n) is 6.10. The molecule has 2 aromatic carbocycles. The molecule has 0 amide bonds. The van der Waals surface area contributed by atoms with E-state index in [-0.39, 0.29) is 5.97 Å². The Balaban J connectivity index is 1.79. The van der Waals surface area contributed by atoms with Gasteiger partial charge in [0.2, 0.25) is 0 Å². The number of carbonyl (C=O) groups excluding carboxylic acids is 1. The van der Waals surface area contributed by atoms with Crippen molar-refractivity contribution < 1.29 is 9.53 Å². The SMILES string of the molecule is Cc1ccc(C(=O)Oc2ccc3c(c2)SNN=C3)cc1. The molecule has 0 saturated heterocycles. The molecule has 0 saturated carbocycles. The summed E-state index contributed by atoms with van der Waals surface area (Å²) in [7, 11) is 0. The van der Waals surface area contributed by atoms with Crippen LogP contribution in [0.5, 0.6) is 5.75 Å². The van der Waals surface area contributed by atoms with Gasteiger partial charge in [-0.2, -0.15) is 5.10 Å². The monoisotopic (exact) mass is 284 g/mol. The lowest BCUT2D eigenvalue weighted by atomic mass is 10.1. The van der Waals surface area contributed by atoms with E-state index in [2.05, 4.69) is 9.93 Å². The molecule has 1 N–H and O–H groups in total. The van der Waals surface area contributed by atoms with Gasteiger partial charge < -0.3 is 4.74 Å². The Morgan fingerprint density at radius 1 is 1.20 bits per heavy atom. The van der Waals surface area contributed by atoms with Gasteiger partial charge in [0.15, 0.2) is 0 Å². The van der Waals surface area contributed by atoms with Gasteiger partial charge in [-0.15, -0.1) is 0 Å². The summed E-state index contributed by atoms with van der Waals surface area (Å²) in [6.45, 7) is 1.98. The van der Waals surface area contributed by atoms with Gasteiger partial charge in [0.25, 0.3) is 0 Å². The molecule has 1 aliphatic rings. The lowest BCUT2D eigenvalue weighted by molar-refractivity contribution is 0.0734. The number of benzene rings is 2. The van der Waals surface area contributed by atoms with Crippen molar-refractivity contribution >= 4 is 24.1 Å². The Hall–Kier alpha value is -2.27. The summed E-state index contributed by atoms with van der Waals surface area (Å²) in [5, 5.41) is 3.95. The number of nitrogens with one attached hydrogen (secondary N) is 1. The van der Waals surface area contributed by atoms with E-state index in [1.165, 1.54) is 11.9 Å². The first-order chi connectivity index (χ1) is 9.72. The number of nitrogens with zero attached hydrogens (tertiary/aromatic N) is 1. The molecule has 3 rings (SSSR count). The van der Waals surface area contributed by atoms with Crippen molar-refractivity contribution in [3.63, 3.8) is 0 Å². The Bertz CT molecular complexity index is 681. The third-order valence-corrected chi connectivity index (χ3v) is 3.66. The molecule has 5 heteroatoms. The van der Waals surface area contributed by atoms with Crippen LogP contribution in [-0.4, -0.2) is 12.2 Å². The van der Waals surface area contributed by atoms with Gasteiger partial charge in [-0.3, -0.25) is 0 Å². The Morgan fingerprint density at radius 3 is 2.80 bits per heavy atom. The minimum Gasteiger partial charge on any atom is -0.423 e. The highest BCUT2D eigenvalue weighted by atomic mass is 32.2. The van der Waals surface area contributed by atoms with E-state index in [0.717, 1.165) is 16.0 Å². The lowest BCUT2D eigenvalue weighted by Gasteiger charge is -2.11. The van der Waals surface area contributed by atoms with Crippen molar-refractivity contribution in [3.8, 4) is 5.75 Å². The number of carbonyl (C=O) groups is 1. The molecule has 0 radical (unpaired) electrons. The molecule has 0 bridgehead atoms. The van der Waals surface area contributed by atoms with Crippen LogP contribution in [0.1, 0.15) is 21.5 Å². The number of hydrogen-bond acceptors (Lipinski definition) is 5. The molecule has 0 unspecified atom stereocenters. The summed E-state index contributed by atoms with van der Waals surface area (Å²) in [6, 6.07) is 12.8. The van der Waals surface area contributed by atoms with Gasteiger partial charge in [0, 0.05) is 22.4 Å². The number of hydrogen-bond donors (Lipinski definition) is 1. The smallest absolute Gasteiger partial charge is 0.343 e. The van der Waals surface area contributed by atoms with E-state index in [9.17, 15) is 4.79 Å². The molecular formula is C15H12N2O2S. The van der Waals surface area contributed by atoms with Crippen LogP contribution in [-0.2, 0) is 0 Å². The normalized spacial score (nSPS) is 12.4. The average Bonchev–Trinajstić information content (AvgIpc) is 2.48. The summed E-state index contributed by atoms with van der Waals surface area (Å²) in [5.74, 6) is 0.173. The van der Waals surface area contributed by atoms with Crippen LogP contribution < -0.4 is 9.57 Å². The number of ether oxygens (including phenoxy) is 1. The van der Waals surface area contributed by atoms with E-state index in [4.69, 9.17) is 4.74 Å². The van der Waals surface area contributed by atoms with Crippen molar-refractivity contribution in [2.45, 2.75) is 11.8 Å². The zero-order valence-electron chi connectivity index (χ0n) is 10.8. The highest BCUT2D eigenvalue weighted by Gasteiger charge is 2.11. The summed E-state index contributed by atoms with van der Waals surface area (Å²) >= 11 is 1.39. The van der Waals surface area contributed by atoms with Gasteiger partial charge in [-0.1, -0.05) is 17.7 Å². The molecule has 4 nitrogen and oxygen atoms in total. The third-order valence-electron chi connectivity index (χ3n) is 2.89. The fourth-order valence-corrected chi connectivity index (χ4v) is 2.42. The zero-order valence-corrected chi connectivity index (χ0v) is 11.6. The number of aryl methyl sites for hydroxylation is 1. The molecule has 0 atom stereocenters. The first-order valence-corrected chi connectivity index (χ1v) is 6.92. The van der Waals surface area contributed by atoms with Gasteiger partial charge >= 0.3 is 5.97 Å². The predicted octanol–water partition coefficient (Wildman–Crippen LogP) is 3.16. The summed E-state index contributed by atoms with van der Waals surface area (Å²) < 4.78 is 5.38. The molecule has 2 aromatic rings. The van der Waals surface area contributed by atoms with Crippen LogP contribution in [0.15, 0.2) is 52.5 Å². The molecule has 0 aromatic heterocycles. The molecule has 0 spiro atoms. The van der Waals surface area contributed by atoms with Crippen molar-refractivity contribution in [1.29, 1.82) is 0 Å². The van der Waals surface area contributed by atoms with E-state index in [0.29, 0.717) is 11.3 Å². The Morgan fingerprint density at radius 2 is 2.00 bits per heavy atom. The summed E-state index contributed by atoms with van der Waals surface area (Å²) in [6.07, 6.45) is 1.73. The lowest BCUT2D eigenvalue weighted by Crippen LogP contribution is -2.09. The number of hydrazone groups is 1. The topological polar surface area (TPSA) is 50.7 Å². The van der Waals surface area contributed by atoms with Gasteiger partial charge in [0.1, 0.15) is 5.75 Å². The molecule has 0 fully saturated rings. The second-order valence-electron chi connectivity index (χ2n) is 4.41. The highest BCUT2D eigenvalue weighted by molar-refractivity contribution is 7.97. The standard InChI is InChI=1S/C15H12N2O2S/c1-10-2-4-11(5-3-10)15(18)19-13-7-6-12-9-16-17-20-14(12)8-13/h2-9,17H,1H3. The van der Waals surface area contributed by atoms with Gasteiger partial charge in [-0.25, -0.2) is 9.63 Å². The molecule has 1 aliphatic heterocycles. The van der Waals surface area contributed by atoms with Crippen molar-refractivity contribution in [2.75, 3.05) is 0 Å². The minimum atomic E-state index is -0.354. The quantitative estimate of drug-likeness (QED) is 0.523. The van der Waals surface area contributed by atoms with E-state index in [1.807, 2.05) is 31.2 Å². The largest absolute Gasteiger partial charge is 0.423 e. The molecular weight excluding hydrogens is 272 g/mol. The minimum absolute atomic E-state index is 0.354. The van der Waals surface area contributed by atoms with Crippen molar-refractivity contribution in [2.24, 2.45) is 5.10 Å². The third kappa shape index (κ3) is 2.67. The average molecular weight is 284 g/mol. The molecule has 100 valence electrons. The van der Waals surface area contributed by atoms with Crippen molar-refractivity contribution in [3.05, 3.63) is 59.2 Å². The first kappa shape index (κ1) is 12.7. The maximum absolute atomic E-state index is 12.0. The molecule has 20 heavy (non-hydrogen) atoms.